The van der Waals surface area contributed by atoms with Gasteiger partial charge < -0.3 is 15.1 Å². The van der Waals surface area contributed by atoms with Crippen molar-refractivity contribution in [3.63, 3.8) is 0 Å². The molecule has 0 spiro atoms. The summed E-state index contributed by atoms with van der Waals surface area (Å²) in [7, 11) is -3.53. The lowest BCUT2D eigenvalue weighted by atomic mass is 9.96. The molecule has 7 heteroatoms. The highest BCUT2D eigenvalue weighted by molar-refractivity contribution is 7.58. The van der Waals surface area contributed by atoms with E-state index in [1.807, 2.05) is 19.1 Å². The lowest BCUT2D eigenvalue weighted by Gasteiger charge is -2.25. The molecule has 0 bridgehead atoms. The van der Waals surface area contributed by atoms with Gasteiger partial charge in [0.05, 0.1) is 5.92 Å². The van der Waals surface area contributed by atoms with Crippen LogP contribution in [0.4, 0.5) is 0 Å². The molecule has 3 unspecified atom stereocenters. The Kier molecular flexibility index (Phi) is 9.73. The minimum Gasteiger partial charge on any atom is -0.481 e. The van der Waals surface area contributed by atoms with Crippen LogP contribution in [-0.4, -0.2) is 38.9 Å². The van der Waals surface area contributed by atoms with E-state index < -0.39 is 30.9 Å². The van der Waals surface area contributed by atoms with Crippen molar-refractivity contribution in [3.05, 3.63) is 48.0 Å². The molecule has 3 N–H and O–H groups in total. The molecule has 0 aromatic heterocycles. The first kappa shape index (κ1) is 25.1. The van der Waals surface area contributed by atoms with Gasteiger partial charge in [-0.2, -0.15) is 0 Å². The number of rotatable bonds is 14. The summed E-state index contributed by atoms with van der Waals surface area (Å²) in [6, 6.07) is 14.5. The number of carboxylic acids is 2. The van der Waals surface area contributed by atoms with E-state index in [4.69, 9.17) is 5.11 Å². The van der Waals surface area contributed by atoms with Crippen molar-refractivity contribution in [1.82, 2.24) is 0 Å². The Hall–Kier alpha value is -2.17. The molecule has 0 radical (unpaired) electrons. The second-order valence-corrected chi connectivity index (χ2v) is 11.0. The largest absolute Gasteiger partial charge is 0.481 e. The normalized spacial score (nSPS) is 15.3. The van der Waals surface area contributed by atoms with Crippen LogP contribution in [0.1, 0.15) is 57.4 Å². The lowest BCUT2D eigenvalue weighted by molar-refractivity contribution is -0.143. The third-order valence-electron chi connectivity index (χ3n) is 5.81. The predicted molar refractivity (Wildman–Crippen MR) is 123 cm³/mol. The first-order valence-electron chi connectivity index (χ1n) is 11.0. The minimum atomic E-state index is -3.53. The molecule has 31 heavy (non-hydrogen) atoms. The Bertz CT molecular complexity index is 925. The van der Waals surface area contributed by atoms with Gasteiger partial charge in [0.2, 0.25) is 7.37 Å². The van der Waals surface area contributed by atoms with Gasteiger partial charge in [0.25, 0.3) is 0 Å². The first-order chi connectivity index (χ1) is 14.7. The standard InChI is InChI=1S/C24H33O6P/c1-2-7-22(17-21(24(27)28)13-14-23(25)26)31(29,30)15-6-5-8-18-11-12-19-9-3-4-10-20(19)16-18/h3-4,9-12,16,21-22H,2,5-8,13-15,17H2,1H3,(H,25,26)(H,27,28)(H,29,30). The maximum atomic E-state index is 13.0. The van der Waals surface area contributed by atoms with Gasteiger partial charge in [0.15, 0.2) is 0 Å². The van der Waals surface area contributed by atoms with E-state index in [1.54, 1.807) is 0 Å². The second kappa shape index (κ2) is 12.0. The predicted octanol–water partition coefficient (Wildman–Crippen LogP) is 5.56. The molecule has 2 aromatic carbocycles. The number of hydrogen-bond donors (Lipinski definition) is 3. The minimum absolute atomic E-state index is 0.0210. The summed E-state index contributed by atoms with van der Waals surface area (Å²) in [5.41, 5.74) is 0.587. The molecule has 2 aromatic rings. The molecular formula is C24H33O6P. The molecular weight excluding hydrogens is 415 g/mol. The van der Waals surface area contributed by atoms with Gasteiger partial charge >= 0.3 is 11.9 Å². The summed E-state index contributed by atoms with van der Waals surface area (Å²) >= 11 is 0. The number of fused-ring (bicyclic) bond motifs is 1. The Balaban J connectivity index is 1.92. The van der Waals surface area contributed by atoms with Gasteiger partial charge in [0.1, 0.15) is 0 Å². The van der Waals surface area contributed by atoms with Crippen LogP contribution in [0, 0.1) is 5.92 Å². The summed E-state index contributed by atoms with van der Waals surface area (Å²) in [6.45, 7) is 1.90. The van der Waals surface area contributed by atoms with Crippen molar-refractivity contribution in [1.29, 1.82) is 0 Å². The molecule has 0 amide bonds. The molecule has 0 aliphatic heterocycles. The van der Waals surface area contributed by atoms with Crippen molar-refractivity contribution < 1.29 is 29.3 Å². The zero-order valence-electron chi connectivity index (χ0n) is 18.1. The molecule has 2 rings (SSSR count). The average Bonchev–Trinajstić information content (AvgIpc) is 2.72. The fourth-order valence-corrected chi connectivity index (χ4v) is 6.32. The van der Waals surface area contributed by atoms with Crippen LogP contribution in [-0.2, 0) is 20.6 Å². The van der Waals surface area contributed by atoms with E-state index in [0.29, 0.717) is 19.3 Å². The smallest absolute Gasteiger partial charge is 0.306 e. The molecule has 6 nitrogen and oxygen atoms in total. The van der Waals surface area contributed by atoms with Crippen LogP contribution in [0.2, 0.25) is 0 Å². The molecule has 0 fully saturated rings. The van der Waals surface area contributed by atoms with Crippen LogP contribution in [0.25, 0.3) is 10.8 Å². The molecule has 0 saturated carbocycles. The van der Waals surface area contributed by atoms with Gasteiger partial charge in [-0.15, -0.1) is 0 Å². The third kappa shape index (κ3) is 8.12. The van der Waals surface area contributed by atoms with Gasteiger partial charge in [-0.3, -0.25) is 14.2 Å². The van der Waals surface area contributed by atoms with E-state index >= 15 is 0 Å². The molecule has 0 aliphatic rings. The highest BCUT2D eigenvalue weighted by Crippen LogP contribution is 2.51. The number of aliphatic carboxylic acids is 2. The molecule has 0 aliphatic carbocycles. The number of carboxylic acid groups (broad SMARTS) is 2. The Labute approximate surface area is 183 Å². The lowest BCUT2D eigenvalue weighted by Crippen LogP contribution is -2.23. The quantitative estimate of drug-likeness (QED) is 0.258. The Morgan fingerprint density at radius 3 is 2.35 bits per heavy atom. The fraction of sp³-hybridized carbons (Fsp3) is 0.500. The zero-order valence-corrected chi connectivity index (χ0v) is 19.0. The zero-order chi connectivity index (χ0) is 22.9. The second-order valence-electron chi connectivity index (χ2n) is 8.26. The maximum absolute atomic E-state index is 13.0. The summed E-state index contributed by atoms with van der Waals surface area (Å²) in [5, 5.41) is 20.6. The van der Waals surface area contributed by atoms with E-state index in [-0.39, 0.29) is 25.4 Å². The monoisotopic (exact) mass is 448 g/mol. The summed E-state index contributed by atoms with van der Waals surface area (Å²) in [4.78, 5) is 33.0. The van der Waals surface area contributed by atoms with Crippen molar-refractivity contribution in [2.75, 3.05) is 6.16 Å². The fourth-order valence-electron chi connectivity index (χ4n) is 4.03. The number of hydrogen-bond acceptors (Lipinski definition) is 3. The number of carbonyl (C=O) groups is 2. The Morgan fingerprint density at radius 1 is 1.00 bits per heavy atom. The average molecular weight is 448 g/mol. The van der Waals surface area contributed by atoms with E-state index in [1.165, 1.54) is 16.3 Å². The number of benzene rings is 2. The van der Waals surface area contributed by atoms with Crippen molar-refractivity contribution >= 4 is 30.1 Å². The van der Waals surface area contributed by atoms with Gasteiger partial charge in [-0.1, -0.05) is 55.8 Å². The van der Waals surface area contributed by atoms with Crippen LogP contribution in [0.3, 0.4) is 0 Å². The molecule has 170 valence electrons. The van der Waals surface area contributed by atoms with Crippen molar-refractivity contribution in [2.24, 2.45) is 5.92 Å². The highest BCUT2D eigenvalue weighted by atomic mass is 31.2. The highest BCUT2D eigenvalue weighted by Gasteiger charge is 2.34. The maximum Gasteiger partial charge on any atom is 0.306 e. The topological polar surface area (TPSA) is 112 Å². The van der Waals surface area contributed by atoms with Crippen molar-refractivity contribution in [2.45, 2.75) is 63.9 Å². The number of unbranched alkanes of at least 4 members (excludes halogenated alkanes) is 1. The number of aryl methyl sites for hydroxylation is 1. The molecule has 3 atom stereocenters. The van der Waals surface area contributed by atoms with Crippen LogP contribution < -0.4 is 0 Å². The van der Waals surface area contributed by atoms with Gasteiger partial charge in [-0.25, -0.2) is 0 Å². The van der Waals surface area contributed by atoms with E-state index in [2.05, 4.69) is 30.3 Å². The Morgan fingerprint density at radius 2 is 1.71 bits per heavy atom. The van der Waals surface area contributed by atoms with Gasteiger partial charge in [0, 0.05) is 18.2 Å². The van der Waals surface area contributed by atoms with Crippen LogP contribution >= 0.6 is 7.37 Å². The SMILES string of the molecule is CCCC(CC(CCC(=O)O)C(=O)O)P(=O)(O)CCCCc1ccc2ccccc2c1. The van der Waals surface area contributed by atoms with Crippen LogP contribution in [0.15, 0.2) is 42.5 Å². The van der Waals surface area contributed by atoms with E-state index in [0.717, 1.165) is 12.8 Å². The molecule has 0 saturated heterocycles. The molecule has 0 heterocycles. The summed E-state index contributed by atoms with van der Waals surface area (Å²) < 4.78 is 13.0. The van der Waals surface area contributed by atoms with Gasteiger partial charge in [-0.05, 0) is 54.9 Å². The summed E-state index contributed by atoms with van der Waals surface area (Å²) in [6.07, 6.45) is 3.28. The summed E-state index contributed by atoms with van der Waals surface area (Å²) in [5.74, 6) is -3.07. The third-order valence-corrected chi connectivity index (χ3v) is 8.38. The first-order valence-corrected chi connectivity index (χ1v) is 12.9. The van der Waals surface area contributed by atoms with Crippen LogP contribution in [0.5, 0.6) is 0 Å². The van der Waals surface area contributed by atoms with E-state index in [9.17, 15) is 24.2 Å². The van der Waals surface area contributed by atoms with Crippen molar-refractivity contribution in [3.8, 4) is 0 Å².